The van der Waals surface area contributed by atoms with Crippen LogP contribution in [0.3, 0.4) is 0 Å². The fraction of sp³-hybridized carbons (Fsp3) is 0.409. The van der Waals surface area contributed by atoms with E-state index in [1.165, 1.54) is 32.9 Å². The van der Waals surface area contributed by atoms with Crippen molar-refractivity contribution in [2.45, 2.75) is 52.7 Å². The van der Waals surface area contributed by atoms with Gasteiger partial charge in [0.2, 0.25) is 0 Å². The van der Waals surface area contributed by atoms with E-state index in [1.54, 1.807) is 26.1 Å². The van der Waals surface area contributed by atoms with E-state index in [1.807, 2.05) is 0 Å². The molecule has 3 rings (SSSR count). The highest BCUT2D eigenvalue weighted by atomic mass is 79.9. The summed E-state index contributed by atoms with van der Waals surface area (Å²) in [6, 6.07) is 4.84. The predicted molar refractivity (Wildman–Crippen MR) is 118 cm³/mol. The number of aryl methyl sites for hydroxylation is 1. The Bertz CT molecular complexity index is 1120. The van der Waals surface area contributed by atoms with E-state index in [2.05, 4.69) is 36.2 Å². The van der Waals surface area contributed by atoms with E-state index >= 15 is 4.39 Å². The van der Waals surface area contributed by atoms with Crippen LogP contribution in [-0.4, -0.2) is 26.2 Å². The fourth-order valence-corrected chi connectivity index (χ4v) is 3.68. The van der Waals surface area contributed by atoms with Crippen molar-refractivity contribution in [3.8, 4) is 0 Å². The first-order valence-electron chi connectivity index (χ1n) is 9.73. The number of aliphatic hydroxyl groups is 1. The lowest BCUT2D eigenvalue weighted by atomic mass is 9.82. The van der Waals surface area contributed by atoms with Crippen molar-refractivity contribution < 1.29 is 18.3 Å². The van der Waals surface area contributed by atoms with Crippen LogP contribution >= 0.6 is 15.9 Å². The number of nitrogens with zero attached hydrogens (tertiary/aromatic N) is 3. The summed E-state index contributed by atoms with van der Waals surface area (Å²) in [5, 5.41) is 13.9. The second-order valence-corrected chi connectivity index (χ2v) is 9.42. The zero-order chi connectivity index (χ0) is 23.1. The standard InChI is InChI=1S/C22H24BrF3N4O/c1-11(28-19-14-9-17(23)27-10-16(14)29-12(2)30-19)13-7-6-8-15(18(13)24)22(25,26)20(31)21(3,4)5/h6-11,20,31H,1-5H3,(H,28,29,30)/t11-,20?/m1/s1. The summed E-state index contributed by atoms with van der Waals surface area (Å²) in [5.74, 6) is -3.90. The summed E-state index contributed by atoms with van der Waals surface area (Å²) in [6.07, 6.45) is -0.467. The van der Waals surface area contributed by atoms with Gasteiger partial charge in [-0.05, 0) is 47.3 Å². The molecule has 2 N–H and O–H groups in total. The van der Waals surface area contributed by atoms with Crippen LogP contribution in [0.15, 0.2) is 35.1 Å². The van der Waals surface area contributed by atoms with Crippen molar-refractivity contribution in [3.05, 3.63) is 57.8 Å². The highest BCUT2D eigenvalue weighted by molar-refractivity contribution is 9.10. The highest BCUT2D eigenvalue weighted by Gasteiger charge is 2.48. The van der Waals surface area contributed by atoms with Gasteiger partial charge in [-0.1, -0.05) is 32.9 Å². The quantitative estimate of drug-likeness (QED) is 0.429. The van der Waals surface area contributed by atoms with Crippen molar-refractivity contribution in [2.75, 3.05) is 5.32 Å². The van der Waals surface area contributed by atoms with Crippen molar-refractivity contribution in [3.63, 3.8) is 0 Å². The lowest BCUT2D eigenvalue weighted by Gasteiger charge is -2.33. The molecule has 0 saturated heterocycles. The van der Waals surface area contributed by atoms with Gasteiger partial charge in [-0.2, -0.15) is 8.78 Å². The third-order valence-corrected chi connectivity index (χ3v) is 5.47. The molecule has 31 heavy (non-hydrogen) atoms. The molecule has 5 nitrogen and oxygen atoms in total. The Labute approximate surface area is 187 Å². The lowest BCUT2D eigenvalue weighted by molar-refractivity contribution is -0.157. The van der Waals surface area contributed by atoms with Gasteiger partial charge >= 0.3 is 5.92 Å². The number of fused-ring (bicyclic) bond motifs is 1. The average molecular weight is 497 g/mol. The molecule has 166 valence electrons. The number of hydrogen-bond acceptors (Lipinski definition) is 5. The van der Waals surface area contributed by atoms with Gasteiger partial charge in [-0.15, -0.1) is 0 Å². The molecule has 9 heteroatoms. The van der Waals surface area contributed by atoms with E-state index in [4.69, 9.17) is 0 Å². The van der Waals surface area contributed by atoms with Crippen LogP contribution in [-0.2, 0) is 5.92 Å². The summed E-state index contributed by atoms with van der Waals surface area (Å²) in [6.45, 7) is 7.81. The first kappa shape index (κ1) is 23.4. The van der Waals surface area contributed by atoms with Crippen molar-refractivity contribution in [1.82, 2.24) is 15.0 Å². The summed E-state index contributed by atoms with van der Waals surface area (Å²) >= 11 is 3.31. The zero-order valence-corrected chi connectivity index (χ0v) is 19.4. The average Bonchev–Trinajstić information content (AvgIpc) is 2.67. The van der Waals surface area contributed by atoms with E-state index in [0.717, 1.165) is 6.07 Å². The molecule has 0 saturated carbocycles. The van der Waals surface area contributed by atoms with E-state index in [-0.39, 0.29) is 5.56 Å². The Morgan fingerprint density at radius 2 is 1.84 bits per heavy atom. The number of aliphatic hydroxyl groups excluding tert-OH is 1. The highest BCUT2D eigenvalue weighted by Crippen LogP contribution is 2.42. The number of pyridine rings is 1. The maximum Gasteiger partial charge on any atom is 0.301 e. The first-order valence-corrected chi connectivity index (χ1v) is 10.5. The summed E-state index contributed by atoms with van der Waals surface area (Å²) in [7, 11) is 0. The number of hydrogen-bond donors (Lipinski definition) is 2. The minimum absolute atomic E-state index is 0.0378. The van der Waals surface area contributed by atoms with Gasteiger partial charge < -0.3 is 10.4 Å². The molecule has 1 unspecified atom stereocenters. The molecule has 0 aliphatic rings. The van der Waals surface area contributed by atoms with Crippen molar-refractivity contribution >= 4 is 32.7 Å². The van der Waals surface area contributed by atoms with Crippen molar-refractivity contribution in [1.29, 1.82) is 0 Å². The van der Waals surface area contributed by atoms with Crippen LogP contribution in [0.5, 0.6) is 0 Å². The van der Waals surface area contributed by atoms with Gasteiger partial charge in [0.1, 0.15) is 28.2 Å². The molecular formula is C22H24BrF3N4O. The Hall–Kier alpha value is -2.26. The Balaban J connectivity index is 2.01. The van der Waals surface area contributed by atoms with E-state index in [9.17, 15) is 13.9 Å². The molecule has 0 aliphatic carbocycles. The zero-order valence-electron chi connectivity index (χ0n) is 17.8. The van der Waals surface area contributed by atoms with Gasteiger partial charge in [0.05, 0.1) is 23.3 Å². The van der Waals surface area contributed by atoms with Crippen molar-refractivity contribution in [2.24, 2.45) is 5.41 Å². The van der Waals surface area contributed by atoms with Crippen LogP contribution in [0.1, 0.15) is 50.7 Å². The number of aromatic nitrogens is 3. The van der Waals surface area contributed by atoms with Gasteiger partial charge in [-0.25, -0.2) is 19.3 Å². The predicted octanol–water partition coefficient (Wildman–Crippen LogP) is 5.91. The number of alkyl halides is 2. The molecule has 1 aromatic carbocycles. The fourth-order valence-electron chi connectivity index (χ4n) is 3.35. The molecule has 0 spiro atoms. The minimum Gasteiger partial charge on any atom is -0.386 e. The van der Waals surface area contributed by atoms with E-state index in [0.29, 0.717) is 27.1 Å². The van der Waals surface area contributed by atoms with Gasteiger partial charge in [0.25, 0.3) is 0 Å². The summed E-state index contributed by atoms with van der Waals surface area (Å²) in [5.41, 5.74) is -1.33. The van der Waals surface area contributed by atoms with Crippen LogP contribution in [0, 0.1) is 18.2 Å². The molecule has 2 atom stereocenters. The Kier molecular flexibility index (Phi) is 6.30. The summed E-state index contributed by atoms with van der Waals surface area (Å²) < 4.78 is 45.7. The maximum atomic E-state index is 15.2. The number of rotatable bonds is 5. The first-order chi connectivity index (χ1) is 14.3. The third-order valence-electron chi connectivity index (χ3n) is 5.03. The minimum atomic E-state index is -3.76. The summed E-state index contributed by atoms with van der Waals surface area (Å²) in [4.78, 5) is 12.9. The molecule has 0 amide bonds. The number of anilines is 1. The molecule has 0 aliphatic heterocycles. The van der Waals surface area contributed by atoms with Gasteiger partial charge in [-0.3, -0.25) is 0 Å². The molecule has 2 aromatic heterocycles. The molecule has 2 heterocycles. The topological polar surface area (TPSA) is 70.9 Å². The van der Waals surface area contributed by atoms with Crippen LogP contribution < -0.4 is 5.32 Å². The normalized spacial score (nSPS) is 14.5. The molecule has 3 aromatic rings. The van der Waals surface area contributed by atoms with Crippen LogP contribution in [0.2, 0.25) is 0 Å². The molecule has 0 fully saturated rings. The Morgan fingerprint density at radius 1 is 1.16 bits per heavy atom. The molecule has 0 radical (unpaired) electrons. The second-order valence-electron chi connectivity index (χ2n) is 8.61. The SMILES string of the molecule is Cc1nc(N[C@H](C)c2cccc(C(F)(F)C(O)C(C)(C)C)c2F)c2cc(Br)ncc2n1. The maximum absolute atomic E-state index is 15.2. The number of nitrogens with one attached hydrogen (secondary N) is 1. The van der Waals surface area contributed by atoms with E-state index < -0.39 is 34.9 Å². The molecule has 0 bridgehead atoms. The van der Waals surface area contributed by atoms with Gasteiger partial charge in [0.15, 0.2) is 0 Å². The Morgan fingerprint density at radius 3 is 2.48 bits per heavy atom. The lowest BCUT2D eigenvalue weighted by Crippen LogP contribution is -2.41. The van der Waals surface area contributed by atoms with Crippen LogP contribution in [0.25, 0.3) is 10.9 Å². The van der Waals surface area contributed by atoms with Gasteiger partial charge in [0, 0.05) is 10.9 Å². The monoisotopic (exact) mass is 496 g/mol. The third kappa shape index (κ3) is 4.67. The smallest absolute Gasteiger partial charge is 0.301 e. The largest absolute Gasteiger partial charge is 0.386 e. The number of benzene rings is 1. The number of halogens is 4. The molecular weight excluding hydrogens is 473 g/mol. The van der Waals surface area contributed by atoms with Crippen LogP contribution in [0.4, 0.5) is 19.0 Å². The second kappa shape index (κ2) is 8.35.